The van der Waals surface area contributed by atoms with Crippen LogP contribution in [-0.2, 0) is 0 Å². The Balaban J connectivity index is 2.99. The number of carbonyl (C=O) groups is 1. The van der Waals surface area contributed by atoms with Crippen molar-refractivity contribution < 1.29 is 4.79 Å². The maximum atomic E-state index is 11.0. The van der Waals surface area contributed by atoms with E-state index in [-0.39, 0.29) is 0 Å². The second-order valence-corrected chi connectivity index (χ2v) is 5.12. The Bertz CT molecular complexity index is 518. The summed E-state index contributed by atoms with van der Waals surface area (Å²) in [6.07, 6.45) is 6.44. The van der Waals surface area contributed by atoms with E-state index in [2.05, 4.69) is 23.0 Å². The normalized spacial score (nSPS) is 11.3. The average Bonchev–Trinajstić information content (AvgIpc) is 2.50. The Hall–Kier alpha value is -2.13. The fraction of sp³-hybridized carbons (Fsp3) is 0.278. The fourth-order valence-electron chi connectivity index (χ4n) is 1.97. The smallest absolute Gasteiger partial charge is 0.150 e. The van der Waals surface area contributed by atoms with Crippen molar-refractivity contribution in [2.75, 3.05) is 38.6 Å². The minimum atomic E-state index is 0.690. The Morgan fingerprint density at radius 2 is 2.00 bits per heavy atom. The molecule has 0 atom stereocenters. The van der Waals surface area contributed by atoms with Gasteiger partial charge in [0.25, 0.3) is 0 Å². The van der Waals surface area contributed by atoms with Crippen molar-refractivity contribution in [3.63, 3.8) is 0 Å². The molecule has 0 bridgehead atoms. The number of hydrogen-bond acceptors (Lipinski definition) is 3. The van der Waals surface area contributed by atoms with Gasteiger partial charge in [-0.15, -0.1) is 0 Å². The van der Waals surface area contributed by atoms with Crippen LogP contribution in [0, 0.1) is 0 Å². The molecule has 0 spiro atoms. The molecule has 0 aliphatic heterocycles. The zero-order chi connectivity index (χ0) is 15.7. The van der Waals surface area contributed by atoms with Crippen molar-refractivity contribution in [3.8, 4) is 0 Å². The predicted molar refractivity (Wildman–Crippen MR) is 91.1 cm³/mol. The topological polar surface area (TPSA) is 23.6 Å². The molecule has 0 N–H and O–H groups in total. The summed E-state index contributed by atoms with van der Waals surface area (Å²) in [6.45, 7) is 10.1. The van der Waals surface area contributed by atoms with Crippen LogP contribution < -0.4 is 4.90 Å². The summed E-state index contributed by atoms with van der Waals surface area (Å²) in [4.78, 5) is 15.3. The van der Waals surface area contributed by atoms with E-state index in [4.69, 9.17) is 0 Å². The highest BCUT2D eigenvalue weighted by atomic mass is 16.1. The second-order valence-electron chi connectivity index (χ2n) is 5.12. The monoisotopic (exact) mass is 284 g/mol. The fourth-order valence-corrected chi connectivity index (χ4v) is 1.97. The molecule has 1 rings (SSSR count). The largest absolute Gasteiger partial charge is 0.366 e. The third-order valence-electron chi connectivity index (χ3n) is 3.16. The lowest BCUT2D eigenvalue weighted by Gasteiger charge is -2.27. The predicted octanol–water partition coefficient (Wildman–Crippen LogP) is 3.17. The van der Waals surface area contributed by atoms with E-state index >= 15 is 0 Å². The van der Waals surface area contributed by atoms with E-state index in [1.165, 1.54) is 0 Å². The number of rotatable bonds is 9. The van der Waals surface area contributed by atoms with Crippen molar-refractivity contribution in [2.45, 2.75) is 0 Å². The summed E-state index contributed by atoms with van der Waals surface area (Å²) in [6, 6.07) is 7.66. The molecule has 1 aromatic rings. The van der Waals surface area contributed by atoms with Crippen LogP contribution >= 0.6 is 0 Å². The van der Waals surface area contributed by atoms with Crippen molar-refractivity contribution in [1.29, 1.82) is 0 Å². The lowest BCUT2D eigenvalue weighted by molar-refractivity contribution is 0.112. The summed E-state index contributed by atoms with van der Waals surface area (Å²) in [7, 11) is 4.10. The summed E-state index contributed by atoms with van der Waals surface area (Å²) in [5.74, 6) is 0. The van der Waals surface area contributed by atoms with Crippen molar-refractivity contribution >= 4 is 12.0 Å². The van der Waals surface area contributed by atoms with Gasteiger partial charge in [-0.25, -0.2) is 0 Å². The van der Waals surface area contributed by atoms with Gasteiger partial charge >= 0.3 is 0 Å². The van der Waals surface area contributed by atoms with Crippen LogP contribution in [0.1, 0.15) is 10.4 Å². The molecule has 0 saturated carbocycles. The van der Waals surface area contributed by atoms with Gasteiger partial charge < -0.3 is 9.80 Å². The Labute approximate surface area is 127 Å². The van der Waals surface area contributed by atoms with E-state index in [0.29, 0.717) is 5.56 Å². The molecule has 0 amide bonds. The number of benzene rings is 1. The molecule has 0 aliphatic rings. The van der Waals surface area contributed by atoms with Crippen LogP contribution in [0.4, 0.5) is 5.69 Å². The van der Waals surface area contributed by atoms with Gasteiger partial charge in [0.05, 0.1) is 0 Å². The molecular formula is C18H24N2O. The standard InChI is InChI=1S/C18H24N2O/c1-5-8-16(6-2)14-20(12-11-19(3)4)18-10-7-9-17(13-18)15-21/h5-10,13,15H,1-2,11-12,14H2,3-4H3/b16-8+. The SMILES string of the molecule is C=C/C=C(\C=C)CN(CCN(C)C)c1cccc(C=O)c1. The summed E-state index contributed by atoms with van der Waals surface area (Å²) in [5, 5.41) is 0. The van der Waals surface area contributed by atoms with Gasteiger partial charge in [-0.05, 0) is 31.8 Å². The molecule has 3 nitrogen and oxygen atoms in total. The molecule has 0 radical (unpaired) electrons. The summed E-state index contributed by atoms with van der Waals surface area (Å²) < 4.78 is 0. The molecule has 21 heavy (non-hydrogen) atoms. The van der Waals surface area contributed by atoms with Gasteiger partial charge in [0.15, 0.2) is 0 Å². The van der Waals surface area contributed by atoms with Crippen LogP contribution in [-0.4, -0.2) is 44.9 Å². The molecular weight excluding hydrogens is 260 g/mol. The highest BCUT2D eigenvalue weighted by Crippen LogP contribution is 2.17. The lowest BCUT2D eigenvalue weighted by atomic mass is 10.1. The van der Waals surface area contributed by atoms with Crippen molar-refractivity contribution in [3.05, 3.63) is 66.8 Å². The molecule has 0 aliphatic carbocycles. The first-order chi connectivity index (χ1) is 10.1. The highest BCUT2D eigenvalue weighted by molar-refractivity contribution is 5.77. The first-order valence-corrected chi connectivity index (χ1v) is 6.99. The first-order valence-electron chi connectivity index (χ1n) is 6.99. The Morgan fingerprint density at radius 3 is 2.57 bits per heavy atom. The Kier molecular flexibility index (Phi) is 7.19. The number of anilines is 1. The highest BCUT2D eigenvalue weighted by Gasteiger charge is 2.09. The van der Waals surface area contributed by atoms with Gasteiger partial charge in [0.1, 0.15) is 6.29 Å². The number of likely N-dealkylation sites (N-methyl/N-ethyl adjacent to an activating group) is 1. The van der Waals surface area contributed by atoms with Crippen LogP contribution in [0.15, 0.2) is 61.2 Å². The maximum absolute atomic E-state index is 11.0. The van der Waals surface area contributed by atoms with E-state index in [1.807, 2.05) is 50.5 Å². The average molecular weight is 284 g/mol. The summed E-state index contributed by atoms with van der Waals surface area (Å²) >= 11 is 0. The van der Waals surface area contributed by atoms with E-state index in [0.717, 1.165) is 37.2 Å². The van der Waals surface area contributed by atoms with Crippen LogP contribution in [0.5, 0.6) is 0 Å². The van der Waals surface area contributed by atoms with Crippen molar-refractivity contribution in [2.24, 2.45) is 0 Å². The molecule has 0 heterocycles. The second kappa shape index (κ2) is 8.93. The van der Waals surface area contributed by atoms with Gasteiger partial charge in [-0.3, -0.25) is 4.79 Å². The van der Waals surface area contributed by atoms with Gasteiger partial charge in [0.2, 0.25) is 0 Å². The Morgan fingerprint density at radius 1 is 1.24 bits per heavy atom. The number of nitrogens with zero attached hydrogens (tertiary/aromatic N) is 2. The minimum absolute atomic E-state index is 0.690. The molecule has 3 heteroatoms. The van der Waals surface area contributed by atoms with Gasteiger partial charge in [-0.2, -0.15) is 0 Å². The van der Waals surface area contributed by atoms with Crippen LogP contribution in [0.2, 0.25) is 0 Å². The molecule has 0 aromatic heterocycles. The van der Waals surface area contributed by atoms with Crippen molar-refractivity contribution in [1.82, 2.24) is 4.90 Å². The first kappa shape index (κ1) is 16.9. The molecule has 0 saturated heterocycles. The van der Waals surface area contributed by atoms with Gasteiger partial charge in [0, 0.05) is 30.9 Å². The van der Waals surface area contributed by atoms with Gasteiger partial charge in [-0.1, -0.05) is 43.5 Å². The van der Waals surface area contributed by atoms with E-state index in [1.54, 1.807) is 6.08 Å². The third-order valence-corrected chi connectivity index (χ3v) is 3.16. The van der Waals surface area contributed by atoms with Crippen LogP contribution in [0.25, 0.3) is 0 Å². The maximum Gasteiger partial charge on any atom is 0.150 e. The molecule has 112 valence electrons. The third kappa shape index (κ3) is 5.79. The van der Waals surface area contributed by atoms with E-state index in [9.17, 15) is 4.79 Å². The molecule has 0 unspecified atom stereocenters. The quantitative estimate of drug-likeness (QED) is 0.514. The van der Waals surface area contributed by atoms with Crippen LogP contribution in [0.3, 0.4) is 0 Å². The van der Waals surface area contributed by atoms with E-state index < -0.39 is 0 Å². The lowest BCUT2D eigenvalue weighted by Crippen LogP contribution is -2.33. The number of carbonyl (C=O) groups excluding carboxylic acids is 1. The molecule has 0 fully saturated rings. The number of allylic oxidation sites excluding steroid dienone is 2. The molecule has 1 aromatic carbocycles. The minimum Gasteiger partial charge on any atom is -0.366 e. The summed E-state index contributed by atoms with van der Waals surface area (Å²) in [5.41, 5.74) is 2.83. The zero-order valence-electron chi connectivity index (χ0n) is 13.0. The zero-order valence-corrected chi connectivity index (χ0v) is 13.0. The number of aldehydes is 1. The number of hydrogen-bond donors (Lipinski definition) is 0.